The molecule has 3 aromatic carbocycles. The summed E-state index contributed by atoms with van der Waals surface area (Å²) in [5.41, 5.74) is -1.31. The first kappa shape index (κ1) is 16.5. The molecule has 0 fully saturated rings. The predicted octanol–water partition coefficient (Wildman–Crippen LogP) is 2.91. The van der Waals surface area contributed by atoms with Gasteiger partial charge in [0.15, 0.2) is 0 Å². The third-order valence-corrected chi connectivity index (χ3v) is 4.48. The summed E-state index contributed by atoms with van der Waals surface area (Å²) >= 11 is 0. The Kier molecular flexibility index (Phi) is 3.74. The van der Waals surface area contributed by atoms with Gasteiger partial charge in [0.2, 0.25) is 0 Å². The first-order chi connectivity index (χ1) is 13.0. The van der Waals surface area contributed by atoms with Gasteiger partial charge in [-0.05, 0) is 35.0 Å². The summed E-state index contributed by atoms with van der Waals surface area (Å²) in [4.78, 5) is 37.4. The quantitative estimate of drug-likeness (QED) is 0.574. The molecule has 0 atom stereocenters. The van der Waals surface area contributed by atoms with E-state index >= 15 is 0 Å². The standard InChI is InChI=1S/C21H13NO5/c23-18-11-12(9-10-17(18)21(26)27)22-19(24)15-7-3-1-5-13(15)14-6-2-4-8-16(14)20(22)25/h1-11,23H,(H,26,27). The van der Waals surface area contributed by atoms with E-state index in [4.69, 9.17) is 5.11 Å². The molecule has 1 heterocycles. The van der Waals surface area contributed by atoms with Crippen LogP contribution in [0.5, 0.6) is 5.75 Å². The zero-order valence-corrected chi connectivity index (χ0v) is 13.9. The van der Waals surface area contributed by atoms with Crippen LogP contribution in [-0.2, 0) is 0 Å². The van der Waals surface area contributed by atoms with Gasteiger partial charge in [-0.15, -0.1) is 0 Å². The second-order valence-electron chi connectivity index (χ2n) is 6.04. The monoisotopic (exact) mass is 359 g/mol. The second kappa shape index (κ2) is 6.10. The summed E-state index contributed by atoms with van der Waals surface area (Å²) in [6, 6.07) is 17.4. The van der Waals surface area contributed by atoms with Crippen molar-refractivity contribution < 1.29 is 15.0 Å². The van der Waals surface area contributed by atoms with E-state index in [2.05, 4.69) is 0 Å². The lowest BCUT2D eigenvalue weighted by atomic mass is 10.1. The number of carbonyl (C=O) groups is 1. The molecular weight excluding hydrogens is 346 g/mol. The summed E-state index contributed by atoms with van der Waals surface area (Å²) in [5, 5.41) is 21.0. The zero-order chi connectivity index (χ0) is 19.1. The maximum absolute atomic E-state index is 13.2. The molecule has 0 amide bonds. The van der Waals surface area contributed by atoms with Crippen LogP contribution in [0, 0.1) is 0 Å². The molecule has 4 rings (SSSR count). The fourth-order valence-electron chi connectivity index (χ4n) is 3.22. The lowest BCUT2D eigenvalue weighted by Gasteiger charge is -2.05. The summed E-state index contributed by atoms with van der Waals surface area (Å²) in [6.45, 7) is 0. The van der Waals surface area contributed by atoms with Crippen molar-refractivity contribution in [3.05, 3.63) is 93.0 Å². The van der Waals surface area contributed by atoms with Crippen molar-refractivity contribution in [2.24, 2.45) is 0 Å². The number of hydrogen-bond acceptors (Lipinski definition) is 4. The zero-order valence-electron chi connectivity index (χ0n) is 13.9. The van der Waals surface area contributed by atoms with Crippen LogP contribution >= 0.6 is 0 Å². The van der Waals surface area contributed by atoms with E-state index in [1.807, 2.05) is 0 Å². The number of rotatable bonds is 2. The number of fused-ring (bicyclic) bond motifs is 3. The minimum atomic E-state index is -1.30. The van der Waals surface area contributed by atoms with Crippen molar-refractivity contribution in [3.8, 4) is 11.4 Å². The Morgan fingerprint density at radius 2 is 1.22 bits per heavy atom. The van der Waals surface area contributed by atoms with Gasteiger partial charge in [-0.3, -0.25) is 9.59 Å². The van der Waals surface area contributed by atoms with Gasteiger partial charge in [-0.1, -0.05) is 36.4 Å². The number of benzene rings is 3. The molecule has 0 aliphatic rings. The molecule has 132 valence electrons. The summed E-state index contributed by atoms with van der Waals surface area (Å²) < 4.78 is 0.954. The van der Waals surface area contributed by atoms with Gasteiger partial charge in [0.05, 0.1) is 5.69 Å². The molecule has 0 aliphatic carbocycles. The topological polar surface area (TPSA) is 96.6 Å². The molecule has 2 N–H and O–H groups in total. The van der Waals surface area contributed by atoms with Gasteiger partial charge in [0, 0.05) is 16.8 Å². The van der Waals surface area contributed by atoms with Crippen LogP contribution in [-0.4, -0.2) is 20.7 Å². The molecule has 0 unspecified atom stereocenters. The average molecular weight is 359 g/mol. The van der Waals surface area contributed by atoms with Crippen molar-refractivity contribution in [1.29, 1.82) is 0 Å². The van der Waals surface area contributed by atoms with E-state index in [-0.39, 0.29) is 11.3 Å². The Morgan fingerprint density at radius 1 is 0.741 bits per heavy atom. The Hall–Kier alpha value is -3.93. The highest BCUT2D eigenvalue weighted by Gasteiger charge is 2.15. The minimum absolute atomic E-state index is 0.0963. The lowest BCUT2D eigenvalue weighted by Crippen LogP contribution is -2.28. The van der Waals surface area contributed by atoms with Crippen LogP contribution in [0.2, 0.25) is 0 Å². The summed E-state index contributed by atoms with van der Waals surface area (Å²) in [6.07, 6.45) is 0. The van der Waals surface area contributed by atoms with E-state index in [1.54, 1.807) is 48.5 Å². The molecule has 0 spiro atoms. The summed E-state index contributed by atoms with van der Waals surface area (Å²) in [5.74, 6) is -1.82. The lowest BCUT2D eigenvalue weighted by molar-refractivity contribution is 0.0694. The molecule has 0 aliphatic heterocycles. The predicted molar refractivity (Wildman–Crippen MR) is 102 cm³/mol. The van der Waals surface area contributed by atoms with E-state index in [0.29, 0.717) is 21.5 Å². The Bertz CT molecular complexity index is 1280. The van der Waals surface area contributed by atoms with Crippen molar-refractivity contribution in [2.75, 3.05) is 0 Å². The normalized spacial score (nSPS) is 11.0. The fourth-order valence-corrected chi connectivity index (χ4v) is 3.22. The van der Waals surface area contributed by atoms with E-state index in [1.165, 1.54) is 6.07 Å². The first-order valence-corrected chi connectivity index (χ1v) is 8.12. The van der Waals surface area contributed by atoms with Crippen LogP contribution < -0.4 is 11.1 Å². The van der Waals surface area contributed by atoms with Gasteiger partial charge >= 0.3 is 5.97 Å². The average Bonchev–Trinajstić information content (AvgIpc) is 2.76. The van der Waals surface area contributed by atoms with E-state index in [0.717, 1.165) is 16.7 Å². The second-order valence-corrected chi connectivity index (χ2v) is 6.04. The number of carboxylic acids is 1. The smallest absolute Gasteiger partial charge is 0.339 e. The van der Waals surface area contributed by atoms with Gasteiger partial charge in [0.25, 0.3) is 11.1 Å². The number of aromatic nitrogens is 1. The number of aromatic hydroxyl groups is 1. The number of carboxylic acid groups (broad SMARTS) is 1. The molecule has 0 bridgehead atoms. The van der Waals surface area contributed by atoms with Gasteiger partial charge in [-0.2, -0.15) is 0 Å². The van der Waals surface area contributed by atoms with Crippen LogP contribution in [0.15, 0.2) is 76.3 Å². The van der Waals surface area contributed by atoms with Crippen molar-refractivity contribution in [3.63, 3.8) is 0 Å². The SMILES string of the molecule is O=C(O)c1ccc(-n2c(=O)c3ccccc3c3ccccc3c2=O)cc1O. The van der Waals surface area contributed by atoms with E-state index in [9.17, 15) is 19.5 Å². The largest absolute Gasteiger partial charge is 0.507 e. The molecular formula is C21H13NO5. The molecule has 4 aromatic rings. The van der Waals surface area contributed by atoms with Crippen LogP contribution in [0.3, 0.4) is 0 Å². The Balaban J connectivity index is 2.22. The minimum Gasteiger partial charge on any atom is -0.507 e. The maximum atomic E-state index is 13.2. The van der Waals surface area contributed by atoms with Crippen LogP contribution in [0.25, 0.3) is 27.2 Å². The Morgan fingerprint density at radius 3 is 1.67 bits per heavy atom. The number of phenols is 1. The molecule has 27 heavy (non-hydrogen) atoms. The molecule has 0 saturated heterocycles. The number of nitrogens with zero attached hydrogens (tertiary/aromatic N) is 1. The third kappa shape index (κ3) is 2.55. The van der Waals surface area contributed by atoms with Crippen molar-refractivity contribution in [1.82, 2.24) is 4.57 Å². The molecule has 0 saturated carbocycles. The van der Waals surface area contributed by atoms with E-state index < -0.39 is 22.8 Å². The highest BCUT2D eigenvalue weighted by atomic mass is 16.4. The third-order valence-electron chi connectivity index (χ3n) is 4.48. The molecule has 0 radical (unpaired) electrons. The maximum Gasteiger partial charge on any atom is 0.339 e. The summed E-state index contributed by atoms with van der Waals surface area (Å²) in [7, 11) is 0. The van der Waals surface area contributed by atoms with Gasteiger partial charge < -0.3 is 10.2 Å². The first-order valence-electron chi connectivity index (χ1n) is 8.12. The molecule has 1 aromatic heterocycles. The molecule has 6 nitrogen and oxygen atoms in total. The number of hydrogen-bond donors (Lipinski definition) is 2. The fraction of sp³-hybridized carbons (Fsp3) is 0. The van der Waals surface area contributed by atoms with Gasteiger partial charge in [0.1, 0.15) is 11.3 Å². The highest BCUT2D eigenvalue weighted by molar-refractivity contribution is 6.05. The number of aromatic carboxylic acids is 1. The van der Waals surface area contributed by atoms with Crippen molar-refractivity contribution in [2.45, 2.75) is 0 Å². The highest BCUT2D eigenvalue weighted by Crippen LogP contribution is 2.22. The van der Waals surface area contributed by atoms with Gasteiger partial charge in [-0.25, -0.2) is 9.36 Å². The van der Waals surface area contributed by atoms with Crippen LogP contribution in [0.4, 0.5) is 0 Å². The molecule has 6 heteroatoms. The van der Waals surface area contributed by atoms with Crippen molar-refractivity contribution >= 4 is 27.5 Å². The van der Waals surface area contributed by atoms with Crippen LogP contribution in [0.1, 0.15) is 10.4 Å². The Labute approximate surface area is 152 Å².